The number of rotatable bonds is 8. The van der Waals surface area contributed by atoms with E-state index < -0.39 is 23.9 Å². The van der Waals surface area contributed by atoms with Crippen molar-refractivity contribution < 1.29 is 23.9 Å². The van der Waals surface area contributed by atoms with E-state index in [1.165, 1.54) is 42.0 Å². The third-order valence-corrected chi connectivity index (χ3v) is 4.51. The number of amides is 3. The predicted octanol–water partition coefficient (Wildman–Crippen LogP) is 2.00. The summed E-state index contributed by atoms with van der Waals surface area (Å²) in [5.74, 6) is -1.98. The van der Waals surface area contributed by atoms with E-state index in [1.54, 1.807) is 0 Å². The summed E-state index contributed by atoms with van der Waals surface area (Å²) in [6, 6.07) is 6.12. The summed E-state index contributed by atoms with van der Waals surface area (Å²) in [6.07, 6.45) is 0.695. The van der Waals surface area contributed by atoms with Gasteiger partial charge in [-0.25, -0.2) is 4.79 Å². The van der Waals surface area contributed by atoms with Crippen LogP contribution in [0.4, 0.5) is 0 Å². The summed E-state index contributed by atoms with van der Waals surface area (Å²) < 4.78 is 5.19. The van der Waals surface area contributed by atoms with Crippen molar-refractivity contribution in [1.29, 1.82) is 5.26 Å². The summed E-state index contributed by atoms with van der Waals surface area (Å²) >= 11 is 0. The maximum Gasteiger partial charge on any atom is 0.338 e. The van der Waals surface area contributed by atoms with Crippen LogP contribution in [-0.2, 0) is 9.53 Å². The molecular weight excluding hydrogens is 362 g/mol. The van der Waals surface area contributed by atoms with Crippen molar-refractivity contribution in [3.05, 3.63) is 34.9 Å². The zero-order chi connectivity index (χ0) is 20.8. The van der Waals surface area contributed by atoms with Gasteiger partial charge in [0.25, 0.3) is 17.7 Å². The molecule has 0 radical (unpaired) electrons. The Morgan fingerprint density at radius 2 is 1.93 bits per heavy atom. The van der Waals surface area contributed by atoms with Crippen LogP contribution in [0.15, 0.2) is 18.2 Å². The highest BCUT2D eigenvalue weighted by Gasteiger charge is 2.35. The first-order chi connectivity index (χ1) is 13.3. The smallest absolute Gasteiger partial charge is 0.338 e. The molecule has 1 aliphatic heterocycles. The summed E-state index contributed by atoms with van der Waals surface area (Å²) in [5, 5.41) is 8.58. The fourth-order valence-electron chi connectivity index (χ4n) is 2.85. The molecule has 0 aromatic heterocycles. The maximum absolute atomic E-state index is 12.5. The average Bonchev–Trinajstić information content (AvgIpc) is 2.93. The number of esters is 1. The van der Waals surface area contributed by atoms with Gasteiger partial charge in [-0.15, -0.1) is 0 Å². The van der Waals surface area contributed by atoms with Gasteiger partial charge in [-0.2, -0.15) is 5.26 Å². The zero-order valence-corrected chi connectivity index (χ0v) is 16.2. The Morgan fingerprint density at radius 3 is 2.57 bits per heavy atom. The molecule has 1 heterocycles. The number of ether oxygens (including phenoxy) is 1. The Kier molecular flexibility index (Phi) is 6.88. The van der Waals surface area contributed by atoms with Gasteiger partial charge in [0, 0.05) is 20.1 Å². The van der Waals surface area contributed by atoms with Gasteiger partial charge >= 0.3 is 5.97 Å². The van der Waals surface area contributed by atoms with E-state index >= 15 is 0 Å². The molecule has 0 fully saturated rings. The lowest BCUT2D eigenvalue weighted by Gasteiger charge is -2.20. The Morgan fingerprint density at radius 1 is 1.25 bits per heavy atom. The first-order valence-electron chi connectivity index (χ1n) is 9.15. The van der Waals surface area contributed by atoms with Gasteiger partial charge in [-0.05, 0) is 31.5 Å². The number of unbranched alkanes of at least 4 members (excludes halogenated alkanes) is 1. The van der Waals surface area contributed by atoms with Crippen LogP contribution < -0.4 is 0 Å². The van der Waals surface area contributed by atoms with Crippen molar-refractivity contribution in [1.82, 2.24) is 9.80 Å². The highest BCUT2D eigenvalue weighted by Crippen LogP contribution is 2.25. The Balaban J connectivity index is 2.10. The molecule has 0 bridgehead atoms. The van der Waals surface area contributed by atoms with Crippen LogP contribution in [0.3, 0.4) is 0 Å². The van der Waals surface area contributed by atoms with Gasteiger partial charge in [0.2, 0.25) is 0 Å². The molecule has 2 rings (SSSR count). The molecule has 0 saturated carbocycles. The number of likely N-dealkylation sites (N-methyl/N-ethyl adjacent to an activating group) is 1. The topological polar surface area (TPSA) is 108 Å². The number of nitrogens with zero attached hydrogens (tertiary/aromatic N) is 3. The molecule has 0 N–H and O–H groups in total. The highest BCUT2D eigenvalue weighted by atomic mass is 16.5. The molecule has 28 heavy (non-hydrogen) atoms. The summed E-state index contributed by atoms with van der Waals surface area (Å²) in [7, 11) is 1.52. The van der Waals surface area contributed by atoms with Gasteiger partial charge in [0.05, 0.1) is 29.2 Å². The van der Waals surface area contributed by atoms with Gasteiger partial charge in [0.15, 0.2) is 6.10 Å². The SMILES string of the molecule is CCCCN1C(=O)c2ccc(C(=O)O[C@@H](C)C(=O)N(C)CCC#N)cc2C1=O. The van der Waals surface area contributed by atoms with Crippen LogP contribution in [-0.4, -0.2) is 59.7 Å². The van der Waals surface area contributed by atoms with Crippen molar-refractivity contribution >= 4 is 23.7 Å². The third-order valence-electron chi connectivity index (χ3n) is 4.51. The second-order valence-electron chi connectivity index (χ2n) is 6.59. The summed E-state index contributed by atoms with van der Waals surface area (Å²) in [4.78, 5) is 51.9. The fourth-order valence-corrected chi connectivity index (χ4v) is 2.85. The minimum absolute atomic E-state index is 0.0940. The largest absolute Gasteiger partial charge is 0.449 e. The minimum atomic E-state index is -1.04. The fraction of sp³-hybridized carbons (Fsp3) is 0.450. The molecule has 0 saturated heterocycles. The molecule has 1 aromatic carbocycles. The number of carbonyl (C=O) groups excluding carboxylic acids is 4. The standard InChI is InChI=1S/C20H23N3O5/c1-4-5-11-23-18(25)15-8-7-14(12-16(15)19(23)26)20(27)28-13(2)17(24)22(3)10-6-9-21/h7-8,12-13H,4-6,10-11H2,1-3H3/t13-/m0/s1. The number of hydrogen-bond acceptors (Lipinski definition) is 6. The van der Waals surface area contributed by atoms with Crippen molar-refractivity contribution in [2.24, 2.45) is 0 Å². The Bertz CT molecular complexity index is 843. The number of imide groups is 1. The molecule has 148 valence electrons. The normalized spacial score (nSPS) is 13.7. The number of benzene rings is 1. The number of nitriles is 1. The monoisotopic (exact) mass is 385 g/mol. The van der Waals surface area contributed by atoms with Crippen LogP contribution in [0.5, 0.6) is 0 Å². The van der Waals surface area contributed by atoms with E-state index in [2.05, 4.69) is 0 Å². The second kappa shape index (κ2) is 9.13. The van der Waals surface area contributed by atoms with Crippen molar-refractivity contribution in [2.75, 3.05) is 20.1 Å². The zero-order valence-electron chi connectivity index (χ0n) is 16.2. The molecular formula is C20H23N3O5. The number of carbonyl (C=O) groups is 4. The second-order valence-corrected chi connectivity index (χ2v) is 6.59. The lowest BCUT2D eigenvalue weighted by atomic mass is 10.1. The van der Waals surface area contributed by atoms with E-state index in [0.29, 0.717) is 13.0 Å². The quantitative estimate of drug-likeness (QED) is 0.500. The number of fused-ring (bicyclic) bond motifs is 1. The van der Waals surface area contributed by atoms with Crippen molar-refractivity contribution in [3.8, 4) is 6.07 Å². The van der Waals surface area contributed by atoms with Crippen LogP contribution in [0.25, 0.3) is 0 Å². The van der Waals surface area contributed by atoms with Crippen molar-refractivity contribution in [2.45, 2.75) is 39.2 Å². The van der Waals surface area contributed by atoms with Crippen molar-refractivity contribution in [3.63, 3.8) is 0 Å². The molecule has 8 nitrogen and oxygen atoms in total. The van der Waals surface area contributed by atoms with E-state index in [-0.39, 0.29) is 35.6 Å². The number of hydrogen-bond donors (Lipinski definition) is 0. The first kappa shape index (κ1) is 21.1. The predicted molar refractivity (Wildman–Crippen MR) is 99.5 cm³/mol. The first-order valence-corrected chi connectivity index (χ1v) is 9.15. The highest BCUT2D eigenvalue weighted by molar-refractivity contribution is 6.22. The van der Waals surface area contributed by atoms with E-state index in [0.717, 1.165) is 6.42 Å². The van der Waals surface area contributed by atoms with E-state index in [4.69, 9.17) is 10.00 Å². The van der Waals surface area contributed by atoms with Crippen LogP contribution in [0.2, 0.25) is 0 Å². The van der Waals surface area contributed by atoms with E-state index in [1.807, 2.05) is 13.0 Å². The molecule has 3 amide bonds. The van der Waals surface area contributed by atoms with E-state index in [9.17, 15) is 19.2 Å². The molecule has 8 heteroatoms. The Labute approximate surface area is 163 Å². The minimum Gasteiger partial charge on any atom is -0.449 e. The molecule has 1 aromatic rings. The lowest BCUT2D eigenvalue weighted by molar-refractivity contribution is -0.138. The van der Waals surface area contributed by atoms with Crippen LogP contribution in [0, 0.1) is 11.3 Å². The van der Waals surface area contributed by atoms with Gasteiger partial charge in [-0.1, -0.05) is 13.3 Å². The van der Waals surface area contributed by atoms with Gasteiger partial charge < -0.3 is 9.64 Å². The van der Waals surface area contributed by atoms with Crippen LogP contribution >= 0.6 is 0 Å². The molecule has 1 aliphatic rings. The third kappa shape index (κ3) is 4.36. The lowest BCUT2D eigenvalue weighted by Crippen LogP contribution is -2.37. The van der Waals surface area contributed by atoms with Gasteiger partial charge in [0.1, 0.15) is 0 Å². The molecule has 0 aliphatic carbocycles. The molecule has 1 atom stereocenters. The molecule has 0 unspecified atom stereocenters. The molecule has 0 spiro atoms. The summed E-state index contributed by atoms with van der Waals surface area (Å²) in [5.41, 5.74) is 0.523. The Hall–Kier alpha value is -3.21. The average molecular weight is 385 g/mol. The maximum atomic E-state index is 12.5. The summed E-state index contributed by atoms with van der Waals surface area (Å²) in [6.45, 7) is 3.98. The van der Waals surface area contributed by atoms with Gasteiger partial charge in [-0.3, -0.25) is 19.3 Å². The van der Waals surface area contributed by atoms with Crippen LogP contribution in [0.1, 0.15) is 64.2 Å².